The topological polar surface area (TPSA) is 27.7 Å². The average molecular weight is 310 g/mol. The molecule has 0 radical (unpaired) electrons. The molecule has 3 rings (SSSR count). The molecule has 1 aliphatic heterocycles. The summed E-state index contributed by atoms with van der Waals surface area (Å²) in [6.07, 6.45) is 4.22. The minimum absolute atomic E-state index is 0.259. The second-order valence-corrected chi connectivity index (χ2v) is 5.68. The summed E-state index contributed by atoms with van der Waals surface area (Å²) in [5.41, 5.74) is 3.44. The van der Waals surface area contributed by atoms with Crippen molar-refractivity contribution in [3.63, 3.8) is 0 Å². The lowest BCUT2D eigenvalue weighted by Crippen LogP contribution is -2.09. The van der Waals surface area contributed by atoms with Gasteiger partial charge in [-0.25, -0.2) is 0 Å². The van der Waals surface area contributed by atoms with Crippen molar-refractivity contribution in [2.75, 3.05) is 13.7 Å². The van der Waals surface area contributed by atoms with Gasteiger partial charge < -0.3 is 14.2 Å². The van der Waals surface area contributed by atoms with Crippen molar-refractivity contribution >= 4 is 0 Å². The highest BCUT2D eigenvalue weighted by Crippen LogP contribution is 2.40. The maximum absolute atomic E-state index is 6.16. The molecular formula is C20H22O3. The Kier molecular flexibility index (Phi) is 4.99. The van der Waals surface area contributed by atoms with Gasteiger partial charge in [0.2, 0.25) is 0 Å². The maximum Gasteiger partial charge on any atom is 0.165 e. The zero-order valence-electron chi connectivity index (χ0n) is 13.6. The van der Waals surface area contributed by atoms with Crippen LogP contribution in [0, 0.1) is 0 Å². The minimum atomic E-state index is 0.259. The van der Waals surface area contributed by atoms with E-state index in [-0.39, 0.29) is 5.92 Å². The van der Waals surface area contributed by atoms with Gasteiger partial charge in [-0.1, -0.05) is 55.5 Å². The molecule has 1 heterocycles. The zero-order valence-corrected chi connectivity index (χ0v) is 13.6. The van der Waals surface area contributed by atoms with Crippen LogP contribution in [-0.2, 0) is 18.0 Å². The zero-order chi connectivity index (χ0) is 16.1. The lowest BCUT2D eigenvalue weighted by molar-refractivity contribution is 0.145. The molecule has 0 bridgehead atoms. The van der Waals surface area contributed by atoms with Crippen molar-refractivity contribution < 1.29 is 14.2 Å². The Hall–Kier alpha value is -2.26. The first-order valence-electron chi connectivity index (χ1n) is 7.90. The van der Waals surface area contributed by atoms with Crippen molar-refractivity contribution in [3.8, 4) is 11.5 Å². The largest absolute Gasteiger partial charge is 0.493 e. The molecule has 1 atom stereocenters. The van der Waals surface area contributed by atoms with Crippen molar-refractivity contribution in [2.45, 2.75) is 26.1 Å². The van der Waals surface area contributed by atoms with Gasteiger partial charge in [0.05, 0.1) is 20.3 Å². The molecule has 0 saturated heterocycles. The lowest BCUT2D eigenvalue weighted by Gasteiger charge is -2.22. The number of benzene rings is 2. The molecule has 1 aliphatic rings. The first-order chi connectivity index (χ1) is 11.3. The molecule has 2 aromatic carbocycles. The molecular weight excluding hydrogens is 288 g/mol. The Morgan fingerprint density at radius 3 is 2.74 bits per heavy atom. The number of fused-ring (bicyclic) bond motifs is 1. The van der Waals surface area contributed by atoms with Crippen LogP contribution in [-0.4, -0.2) is 13.7 Å². The van der Waals surface area contributed by atoms with Crippen LogP contribution in [0.5, 0.6) is 11.5 Å². The van der Waals surface area contributed by atoms with E-state index in [1.807, 2.05) is 24.3 Å². The lowest BCUT2D eigenvalue weighted by atomic mass is 9.93. The Bertz CT molecular complexity index is 677. The Morgan fingerprint density at radius 1 is 1.13 bits per heavy atom. The predicted octanol–water partition coefficient (Wildman–Crippen LogP) is 4.46. The van der Waals surface area contributed by atoms with Gasteiger partial charge in [0.15, 0.2) is 11.5 Å². The van der Waals surface area contributed by atoms with Crippen molar-refractivity contribution in [3.05, 3.63) is 71.3 Å². The highest BCUT2D eigenvalue weighted by atomic mass is 16.5. The van der Waals surface area contributed by atoms with Crippen LogP contribution in [0.15, 0.2) is 54.6 Å². The molecule has 0 spiro atoms. The first-order valence-corrected chi connectivity index (χ1v) is 7.90. The average Bonchev–Trinajstić information content (AvgIpc) is 2.58. The van der Waals surface area contributed by atoms with Crippen LogP contribution in [0.3, 0.4) is 0 Å². The van der Waals surface area contributed by atoms with Crippen molar-refractivity contribution in [2.24, 2.45) is 0 Å². The van der Waals surface area contributed by atoms with Gasteiger partial charge in [0, 0.05) is 11.5 Å². The van der Waals surface area contributed by atoms with Crippen LogP contribution in [0.1, 0.15) is 29.5 Å². The SMILES string of the molecule is COc1ccc2c(c1OCc1ccccc1)C(C)/C=C\COC2. The van der Waals surface area contributed by atoms with Crippen molar-refractivity contribution in [1.29, 1.82) is 0 Å². The molecule has 1 unspecified atom stereocenters. The number of allylic oxidation sites excluding steroid dienone is 1. The third-order valence-corrected chi connectivity index (χ3v) is 4.05. The van der Waals surface area contributed by atoms with E-state index in [0.717, 1.165) is 28.2 Å². The number of ether oxygens (including phenoxy) is 3. The van der Waals surface area contributed by atoms with Gasteiger partial charge in [0.25, 0.3) is 0 Å². The van der Waals surface area contributed by atoms with Gasteiger partial charge in [-0.2, -0.15) is 0 Å². The monoisotopic (exact) mass is 310 g/mol. The fraction of sp³-hybridized carbons (Fsp3) is 0.300. The van der Waals surface area contributed by atoms with E-state index in [4.69, 9.17) is 14.2 Å². The third kappa shape index (κ3) is 3.57. The van der Waals surface area contributed by atoms with E-state index in [2.05, 4.69) is 37.3 Å². The summed E-state index contributed by atoms with van der Waals surface area (Å²) in [7, 11) is 1.68. The smallest absolute Gasteiger partial charge is 0.165 e. The van der Waals surface area contributed by atoms with E-state index in [1.54, 1.807) is 7.11 Å². The van der Waals surface area contributed by atoms with Crippen molar-refractivity contribution in [1.82, 2.24) is 0 Å². The van der Waals surface area contributed by atoms with Gasteiger partial charge >= 0.3 is 0 Å². The van der Waals surface area contributed by atoms with Crippen LogP contribution < -0.4 is 9.47 Å². The van der Waals surface area contributed by atoms with Crippen LogP contribution in [0.4, 0.5) is 0 Å². The summed E-state index contributed by atoms with van der Waals surface area (Å²) in [5.74, 6) is 1.84. The second-order valence-electron chi connectivity index (χ2n) is 5.68. The molecule has 0 aliphatic carbocycles. The van der Waals surface area contributed by atoms with Gasteiger partial charge in [0.1, 0.15) is 6.61 Å². The van der Waals surface area contributed by atoms with E-state index < -0.39 is 0 Å². The number of rotatable bonds is 4. The Balaban J connectivity index is 1.96. The minimum Gasteiger partial charge on any atom is -0.493 e. The molecule has 0 saturated carbocycles. The first kappa shape index (κ1) is 15.6. The fourth-order valence-corrected chi connectivity index (χ4v) is 2.88. The highest BCUT2D eigenvalue weighted by molar-refractivity contribution is 5.53. The summed E-state index contributed by atoms with van der Waals surface area (Å²) in [6, 6.07) is 14.2. The summed E-state index contributed by atoms with van der Waals surface area (Å²) in [5, 5.41) is 0. The predicted molar refractivity (Wildman–Crippen MR) is 91.0 cm³/mol. The molecule has 2 aromatic rings. The van der Waals surface area contributed by atoms with Crippen LogP contribution in [0.2, 0.25) is 0 Å². The van der Waals surface area contributed by atoms with E-state index >= 15 is 0 Å². The maximum atomic E-state index is 6.16. The second kappa shape index (κ2) is 7.34. The summed E-state index contributed by atoms with van der Waals surface area (Å²) in [4.78, 5) is 0. The summed E-state index contributed by atoms with van der Waals surface area (Å²) in [6.45, 7) is 3.94. The molecule has 3 nitrogen and oxygen atoms in total. The molecule has 0 fully saturated rings. The normalized spacial score (nSPS) is 18.4. The number of methoxy groups -OCH3 is 1. The Morgan fingerprint density at radius 2 is 1.96 bits per heavy atom. The van der Waals surface area contributed by atoms with Gasteiger partial charge in [-0.3, -0.25) is 0 Å². The van der Waals surface area contributed by atoms with Crippen LogP contribution in [0.25, 0.3) is 0 Å². The molecule has 0 aromatic heterocycles. The summed E-state index contributed by atoms with van der Waals surface area (Å²) < 4.78 is 17.4. The highest BCUT2D eigenvalue weighted by Gasteiger charge is 2.20. The van der Waals surface area contributed by atoms with E-state index in [1.165, 1.54) is 0 Å². The van der Waals surface area contributed by atoms with Crippen LogP contribution >= 0.6 is 0 Å². The number of hydrogen-bond acceptors (Lipinski definition) is 3. The summed E-state index contributed by atoms with van der Waals surface area (Å²) >= 11 is 0. The van der Waals surface area contributed by atoms with Gasteiger partial charge in [-0.15, -0.1) is 0 Å². The van der Waals surface area contributed by atoms with E-state index in [0.29, 0.717) is 19.8 Å². The molecule has 23 heavy (non-hydrogen) atoms. The molecule has 3 heteroatoms. The Labute approximate surface area is 137 Å². The quantitative estimate of drug-likeness (QED) is 0.780. The number of hydrogen-bond donors (Lipinski definition) is 0. The fourth-order valence-electron chi connectivity index (χ4n) is 2.88. The van der Waals surface area contributed by atoms with Gasteiger partial charge in [-0.05, 0) is 17.2 Å². The molecule has 0 N–H and O–H groups in total. The molecule has 120 valence electrons. The third-order valence-electron chi connectivity index (χ3n) is 4.05. The standard InChI is InChI=1S/C20H22O3/c1-15-7-6-12-22-14-17-10-11-18(21-2)20(19(15)17)23-13-16-8-4-3-5-9-16/h3-11,15H,12-14H2,1-2H3/b7-6-. The van der Waals surface area contributed by atoms with E-state index in [9.17, 15) is 0 Å². The molecule has 0 amide bonds.